The zero-order valence-electron chi connectivity index (χ0n) is 4.84. The van der Waals surface area contributed by atoms with Crippen LogP contribution in [0.2, 0.25) is 0 Å². The quantitative estimate of drug-likeness (QED) is 0.530. The van der Waals surface area contributed by atoms with Crippen molar-refractivity contribution >= 4 is 11.6 Å². The molecule has 0 saturated heterocycles. The van der Waals surface area contributed by atoms with Gasteiger partial charge in [0.25, 0.3) is 0 Å². The van der Waals surface area contributed by atoms with Crippen LogP contribution in [0.3, 0.4) is 0 Å². The molecule has 0 aromatic rings. The molecule has 0 saturated carbocycles. The molecule has 0 aromatic carbocycles. The number of rotatable bonds is 1. The van der Waals surface area contributed by atoms with Gasteiger partial charge in [-0.3, -0.25) is 0 Å². The van der Waals surface area contributed by atoms with E-state index in [1.807, 2.05) is 6.08 Å². The molecule has 0 radical (unpaired) electrons. The Bertz CT molecular complexity index is 153. The van der Waals surface area contributed by atoms with Crippen LogP contribution in [-0.4, -0.2) is 17.2 Å². The maximum atomic E-state index is 8.91. The second kappa shape index (κ2) is 2.90. The number of aliphatic hydroxyl groups excluding tert-OH is 1. The summed E-state index contributed by atoms with van der Waals surface area (Å²) in [6.45, 7) is 0. The van der Waals surface area contributed by atoms with Gasteiger partial charge in [0.1, 0.15) is 6.23 Å². The Balaban J connectivity index is 2.59. The summed E-state index contributed by atoms with van der Waals surface area (Å²) in [6, 6.07) is 0. The average Bonchev–Trinajstić information content (AvgIpc) is 1.88. The highest BCUT2D eigenvalue weighted by Gasteiger charge is 2.01. The van der Waals surface area contributed by atoms with Gasteiger partial charge in [0.05, 0.1) is 0 Å². The van der Waals surface area contributed by atoms with Gasteiger partial charge in [-0.1, -0.05) is 0 Å². The molecule has 1 atom stereocenters. The normalized spacial score (nSPS) is 25.1. The number of hydrogen-bond donors (Lipinski definition) is 2. The maximum Gasteiger partial charge on any atom is 0.143 e. The number of hydrogen-bond acceptors (Lipinski definition) is 2. The summed E-state index contributed by atoms with van der Waals surface area (Å²) in [5, 5.41) is 11.6. The van der Waals surface area contributed by atoms with Crippen LogP contribution < -0.4 is 5.32 Å². The van der Waals surface area contributed by atoms with Gasteiger partial charge in [-0.25, -0.2) is 0 Å². The third-order valence-corrected chi connectivity index (χ3v) is 1.40. The molecule has 3 heteroatoms. The van der Waals surface area contributed by atoms with Crippen molar-refractivity contribution in [2.75, 3.05) is 5.88 Å². The molecular formula is C6H8ClNO. The zero-order valence-corrected chi connectivity index (χ0v) is 5.60. The fraction of sp³-hybridized carbons (Fsp3) is 0.333. The Kier molecular flexibility index (Phi) is 2.14. The van der Waals surface area contributed by atoms with Crippen molar-refractivity contribution in [2.24, 2.45) is 0 Å². The van der Waals surface area contributed by atoms with Gasteiger partial charge in [-0.2, -0.15) is 0 Å². The van der Waals surface area contributed by atoms with Crippen molar-refractivity contribution in [3.63, 3.8) is 0 Å². The SMILES string of the molecule is OC1C=C(CCl)C=CN1. The van der Waals surface area contributed by atoms with Crippen molar-refractivity contribution in [3.8, 4) is 0 Å². The molecule has 1 aliphatic rings. The van der Waals surface area contributed by atoms with Crippen molar-refractivity contribution in [1.29, 1.82) is 0 Å². The van der Waals surface area contributed by atoms with Crippen LogP contribution in [0.25, 0.3) is 0 Å². The molecule has 9 heavy (non-hydrogen) atoms. The monoisotopic (exact) mass is 145 g/mol. The number of allylic oxidation sites excluding steroid dienone is 2. The predicted molar refractivity (Wildman–Crippen MR) is 37.1 cm³/mol. The lowest BCUT2D eigenvalue weighted by atomic mass is 10.2. The van der Waals surface area contributed by atoms with Crippen molar-refractivity contribution in [1.82, 2.24) is 5.32 Å². The number of aliphatic hydroxyl groups is 1. The van der Waals surface area contributed by atoms with Crippen molar-refractivity contribution in [2.45, 2.75) is 6.23 Å². The maximum absolute atomic E-state index is 8.91. The van der Waals surface area contributed by atoms with Crippen LogP contribution >= 0.6 is 11.6 Å². The van der Waals surface area contributed by atoms with E-state index in [4.69, 9.17) is 16.7 Å². The minimum absolute atomic E-state index is 0.454. The topological polar surface area (TPSA) is 32.3 Å². The molecule has 0 amide bonds. The molecule has 1 aliphatic heterocycles. The standard InChI is InChI=1S/C6H8ClNO/c7-4-5-1-2-8-6(9)3-5/h1-3,6,8-9H,4H2. The molecule has 2 N–H and O–H groups in total. The lowest BCUT2D eigenvalue weighted by Crippen LogP contribution is -2.23. The molecule has 0 spiro atoms. The van der Waals surface area contributed by atoms with Gasteiger partial charge in [0.2, 0.25) is 0 Å². The Labute approximate surface area is 58.8 Å². The summed E-state index contributed by atoms with van der Waals surface area (Å²) >= 11 is 5.49. The third-order valence-electron chi connectivity index (χ3n) is 1.09. The van der Waals surface area contributed by atoms with Crippen LogP contribution in [0.15, 0.2) is 23.9 Å². The minimum Gasteiger partial charge on any atom is -0.370 e. The van der Waals surface area contributed by atoms with Gasteiger partial charge >= 0.3 is 0 Å². The molecule has 1 unspecified atom stereocenters. The number of halogens is 1. The highest BCUT2D eigenvalue weighted by Crippen LogP contribution is 2.04. The van der Waals surface area contributed by atoms with Crippen LogP contribution in [-0.2, 0) is 0 Å². The first kappa shape index (κ1) is 6.65. The number of alkyl halides is 1. The van der Waals surface area contributed by atoms with Crippen LogP contribution in [0, 0.1) is 0 Å². The predicted octanol–water partition coefficient (Wildman–Crippen LogP) is 0.587. The summed E-state index contributed by atoms with van der Waals surface area (Å²) in [7, 11) is 0. The molecule has 0 bridgehead atoms. The van der Waals surface area contributed by atoms with Gasteiger partial charge in [0, 0.05) is 5.88 Å². The Hall–Kier alpha value is -0.470. The molecule has 0 aromatic heterocycles. The van der Waals surface area contributed by atoms with E-state index in [0.717, 1.165) is 5.57 Å². The molecule has 0 aliphatic carbocycles. The van der Waals surface area contributed by atoms with E-state index in [1.165, 1.54) is 0 Å². The highest BCUT2D eigenvalue weighted by atomic mass is 35.5. The Morgan fingerprint density at radius 2 is 2.56 bits per heavy atom. The zero-order chi connectivity index (χ0) is 6.69. The van der Waals surface area contributed by atoms with Crippen LogP contribution in [0.5, 0.6) is 0 Å². The van der Waals surface area contributed by atoms with Gasteiger partial charge in [0.15, 0.2) is 0 Å². The number of dihydropyridines is 1. The molecule has 50 valence electrons. The van der Waals surface area contributed by atoms with E-state index < -0.39 is 6.23 Å². The van der Waals surface area contributed by atoms with Gasteiger partial charge in [-0.05, 0) is 23.9 Å². The van der Waals surface area contributed by atoms with Crippen molar-refractivity contribution < 1.29 is 5.11 Å². The highest BCUT2D eigenvalue weighted by molar-refractivity contribution is 6.19. The van der Waals surface area contributed by atoms with E-state index >= 15 is 0 Å². The molecule has 1 rings (SSSR count). The van der Waals surface area contributed by atoms with Crippen LogP contribution in [0.1, 0.15) is 0 Å². The first-order valence-corrected chi connectivity index (χ1v) is 3.23. The second-order valence-electron chi connectivity index (χ2n) is 1.82. The first-order chi connectivity index (χ1) is 4.33. The summed E-state index contributed by atoms with van der Waals surface area (Å²) in [6.07, 6.45) is 4.62. The molecule has 0 fully saturated rings. The lowest BCUT2D eigenvalue weighted by Gasteiger charge is -2.11. The van der Waals surface area contributed by atoms with E-state index in [1.54, 1.807) is 12.3 Å². The number of nitrogens with one attached hydrogen (secondary N) is 1. The fourth-order valence-electron chi connectivity index (χ4n) is 0.649. The fourth-order valence-corrected chi connectivity index (χ4v) is 0.827. The molecule has 1 heterocycles. The summed E-state index contributed by atoms with van der Waals surface area (Å²) in [5.41, 5.74) is 0.947. The molecule has 2 nitrogen and oxygen atoms in total. The van der Waals surface area contributed by atoms with Crippen LogP contribution in [0.4, 0.5) is 0 Å². The van der Waals surface area contributed by atoms with Gasteiger partial charge < -0.3 is 10.4 Å². The smallest absolute Gasteiger partial charge is 0.143 e. The van der Waals surface area contributed by atoms with E-state index in [9.17, 15) is 0 Å². The van der Waals surface area contributed by atoms with E-state index in [0.29, 0.717) is 5.88 Å². The van der Waals surface area contributed by atoms with Crippen molar-refractivity contribution in [3.05, 3.63) is 23.9 Å². The van der Waals surface area contributed by atoms with Gasteiger partial charge in [-0.15, -0.1) is 11.6 Å². The minimum atomic E-state index is -0.566. The Morgan fingerprint density at radius 1 is 1.78 bits per heavy atom. The van der Waals surface area contributed by atoms with E-state index in [2.05, 4.69) is 5.32 Å². The first-order valence-electron chi connectivity index (χ1n) is 2.70. The second-order valence-corrected chi connectivity index (χ2v) is 2.09. The third kappa shape index (κ3) is 1.73. The Morgan fingerprint density at radius 3 is 3.00 bits per heavy atom. The lowest BCUT2D eigenvalue weighted by molar-refractivity contribution is 0.200. The summed E-state index contributed by atoms with van der Waals surface area (Å²) < 4.78 is 0. The average molecular weight is 146 g/mol. The van der Waals surface area contributed by atoms with E-state index in [-0.39, 0.29) is 0 Å². The largest absolute Gasteiger partial charge is 0.370 e. The summed E-state index contributed by atoms with van der Waals surface area (Å²) in [4.78, 5) is 0. The summed E-state index contributed by atoms with van der Waals surface area (Å²) in [5.74, 6) is 0.454. The molecular weight excluding hydrogens is 138 g/mol.